The van der Waals surface area contributed by atoms with Crippen molar-refractivity contribution in [2.24, 2.45) is 0 Å². The molecule has 0 heterocycles. The van der Waals surface area contributed by atoms with Gasteiger partial charge in [0, 0.05) is 0 Å². The fraction of sp³-hybridized carbons (Fsp3) is 0.481. The first kappa shape index (κ1) is 28.5. The third-order valence-corrected chi connectivity index (χ3v) is 9.35. The third kappa shape index (κ3) is 9.87. The van der Waals surface area contributed by atoms with Gasteiger partial charge in [0.15, 0.2) is 9.84 Å². The predicted octanol–water partition coefficient (Wildman–Crippen LogP) is 7.76. The molecule has 2 aromatic carbocycles. The summed E-state index contributed by atoms with van der Waals surface area (Å²) in [6.45, 7) is 6.47. The van der Waals surface area contributed by atoms with Gasteiger partial charge in [0.25, 0.3) is 0 Å². The van der Waals surface area contributed by atoms with Crippen molar-refractivity contribution in [2.75, 3.05) is 19.0 Å². The topological polar surface area (TPSA) is 69.7 Å². The summed E-state index contributed by atoms with van der Waals surface area (Å²) in [7, 11) is -6.35. The summed E-state index contributed by atoms with van der Waals surface area (Å²) in [5, 5.41) is 0. The molecule has 0 aliphatic rings. The molecule has 0 saturated carbocycles. The highest BCUT2D eigenvalue weighted by Gasteiger charge is 2.23. The minimum atomic E-state index is -3.23. The fourth-order valence-corrected chi connectivity index (χ4v) is 6.72. The molecule has 0 atom stereocenters. The molecule has 34 heavy (non-hydrogen) atoms. The minimum absolute atomic E-state index is 0.209. The van der Waals surface area contributed by atoms with Crippen molar-refractivity contribution in [3.63, 3.8) is 0 Å². The van der Waals surface area contributed by atoms with Gasteiger partial charge in [-0.2, -0.15) is 0 Å². The Balaban J connectivity index is 1.93. The highest BCUT2D eigenvalue weighted by atomic mass is 32.2. The van der Waals surface area contributed by atoms with Crippen molar-refractivity contribution < 1.29 is 22.0 Å². The van der Waals surface area contributed by atoms with Crippen LogP contribution in [-0.4, -0.2) is 27.4 Å². The standard InChI is InChI=1S/C27H39O5PS/c1-4-7-8-9-10-11-22-34(29,30)27-20-18-25(19-21-27)13-12-24-14-16-26(17-15-24)23-33(28,31-5-2)32-6-3/h12-21H,4-11,22-23H2,1-3H3/b13-12+. The molecule has 0 aromatic heterocycles. The lowest BCUT2D eigenvalue weighted by Crippen LogP contribution is -2.06. The molecule has 0 spiro atoms. The normalized spacial score (nSPS) is 12.4. The first-order valence-corrected chi connectivity index (χ1v) is 15.7. The van der Waals surface area contributed by atoms with Crippen molar-refractivity contribution in [3.05, 3.63) is 65.2 Å². The first-order chi connectivity index (χ1) is 16.3. The second-order valence-electron chi connectivity index (χ2n) is 8.34. The van der Waals surface area contributed by atoms with Gasteiger partial charge in [-0.3, -0.25) is 4.57 Å². The van der Waals surface area contributed by atoms with Crippen LogP contribution in [0.15, 0.2) is 53.4 Å². The van der Waals surface area contributed by atoms with Gasteiger partial charge < -0.3 is 9.05 Å². The molecule has 2 rings (SSSR count). The molecule has 0 unspecified atom stereocenters. The van der Waals surface area contributed by atoms with Crippen molar-refractivity contribution in [1.82, 2.24) is 0 Å². The van der Waals surface area contributed by atoms with Crippen molar-refractivity contribution >= 4 is 29.6 Å². The molecule has 0 amide bonds. The van der Waals surface area contributed by atoms with E-state index >= 15 is 0 Å². The van der Waals surface area contributed by atoms with E-state index in [2.05, 4.69) is 6.92 Å². The molecule has 5 nitrogen and oxygen atoms in total. The molecular weight excluding hydrogens is 467 g/mol. The Hall–Kier alpha value is -1.72. The van der Waals surface area contributed by atoms with Gasteiger partial charge in [-0.25, -0.2) is 8.42 Å². The highest BCUT2D eigenvalue weighted by Crippen LogP contribution is 2.51. The maximum atomic E-state index is 12.7. The zero-order valence-electron chi connectivity index (χ0n) is 20.7. The number of rotatable bonds is 16. The number of sulfone groups is 1. The van der Waals surface area contributed by atoms with Gasteiger partial charge in [-0.05, 0) is 49.1 Å². The summed E-state index contributed by atoms with van der Waals surface area (Å²) in [5.41, 5.74) is 2.81. The van der Waals surface area contributed by atoms with E-state index < -0.39 is 17.4 Å². The van der Waals surface area contributed by atoms with E-state index in [1.54, 1.807) is 26.0 Å². The zero-order valence-corrected chi connectivity index (χ0v) is 22.5. The number of unbranched alkanes of at least 4 members (excludes halogenated alkanes) is 5. The lowest BCUT2D eigenvalue weighted by atomic mass is 10.1. The summed E-state index contributed by atoms with van der Waals surface area (Å²) in [4.78, 5) is 0.385. The molecule has 0 saturated heterocycles. The Morgan fingerprint density at radius 3 is 1.76 bits per heavy atom. The van der Waals surface area contributed by atoms with E-state index in [-0.39, 0.29) is 11.9 Å². The van der Waals surface area contributed by atoms with E-state index in [4.69, 9.17) is 9.05 Å². The molecule has 7 heteroatoms. The van der Waals surface area contributed by atoms with Crippen LogP contribution >= 0.6 is 7.60 Å². The van der Waals surface area contributed by atoms with Crippen LogP contribution in [0.2, 0.25) is 0 Å². The Labute approximate surface area is 206 Å². The van der Waals surface area contributed by atoms with Crippen LogP contribution in [0.5, 0.6) is 0 Å². The molecule has 0 N–H and O–H groups in total. The van der Waals surface area contributed by atoms with Gasteiger partial charge >= 0.3 is 7.60 Å². The van der Waals surface area contributed by atoms with Crippen LogP contribution in [0.3, 0.4) is 0 Å². The Kier molecular flexibility index (Phi) is 12.3. The van der Waals surface area contributed by atoms with Crippen LogP contribution in [0.4, 0.5) is 0 Å². The largest absolute Gasteiger partial charge is 0.335 e. The van der Waals surface area contributed by atoms with E-state index in [0.717, 1.165) is 29.5 Å². The lowest BCUT2D eigenvalue weighted by molar-refractivity contribution is 0.219. The Bertz CT molecular complexity index is 1020. The second-order valence-corrected chi connectivity index (χ2v) is 12.5. The summed E-state index contributed by atoms with van der Waals surface area (Å²) in [6.07, 6.45) is 10.5. The maximum absolute atomic E-state index is 12.7. The average Bonchev–Trinajstić information content (AvgIpc) is 2.81. The van der Waals surface area contributed by atoms with E-state index in [1.165, 1.54) is 19.3 Å². The Morgan fingerprint density at radius 1 is 0.735 bits per heavy atom. The summed E-state index contributed by atoms with van der Waals surface area (Å²) < 4.78 is 48.5. The van der Waals surface area contributed by atoms with Crippen LogP contribution < -0.4 is 0 Å². The summed E-state index contributed by atoms with van der Waals surface area (Å²) in [6, 6.07) is 14.8. The first-order valence-electron chi connectivity index (χ1n) is 12.3. The molecule has 0 aliphatic heterocycles. The fourth-order valence-electron chi connectivity index (χ4n) is 3.65. The zero-order chi connectivity index (χ0) is 24.9. The van der Waals surface area contributed by atoms with Crippen LogP contribution in [0.25, 0.3) is 12.2 Å². The molecule has 0 aliphatic carbocycles. The van der Waals surface area contributed by atoms with E-state index in [9.17, 15) is 13.0 Å². The number of hydrogen-bond donors (Lipinski definition) is 0. The number of hydrogen-bond acceptors (Lipinski definition) is 5. The van der Waals surface area contributed by atoms with Gasteiger partial charge in [0.2, 0.25) is 0 Å². The molecule has 0 radical (unpaired) electrons. The summed E-state index contributed by atoms with van der Waals surface area (Å²) >= 11 is 0. The molecule has 188 valence electrons. The van der Waals surface area contributed by atoms with Crippen molar-refractivity contribution in [1.29, 1.82) is 0 Å². The quantitative estimate of drug-likeness (QED) is 0.132. The maximum Gasteiger partial charge on any atom is 0.335 e. The Morgan fingerprint density at radius 2 is 1.24 bits per heavy atom. The van der Waals surface area contributed by atoms with Crippen LogP contribution in [0.1, 0.15) is 76.0 Å². The summed E-state index contributed by atoms with van der Waals surface area (Å²) in [5.74, 6) is 0.209. The monoisotopic (exact) mass is 506 g/mol. The van der Waals surface area contributed by atoms with E-state index in [0.29, 0.717) is 24.5 Å². The van der Waals surface area contributed by atoms with Gasteiger partial charge in [0.05, 0.1) is 30.0 Å². The highest BCUT2D eigenvalue weighted by molar-refractivity contribution is 7.91. The van der Waals surface area contributed by atoms with Crippen LogP contribution in [0, 0.1) is 0 Å². The van der Waals surface area contributed by atoms with Crippen molar-refractivity contribution in [3.8, 4) is 0 Å². The smallest absolute Gasteiger partial charge is 0.309 e. The molecular formula is C27H39O5PS. The van der Waals surface area contributed by atoms with Gasteiger partial charge in [0.1, 0.15) is 0 Å². The SMILES string of the molecule is CCCCCCCCS(=O)(=O)c1ccc(/C=C/c2ccc(CP(=O)(OCC)OCC)cc2)cc1. The molecule has 0 bridgehead atoms. The lowest BCUT2D eigenvalue weighted by Gasteiger charge is -2.16. The van der Waals surface area contributed by atoms with Crippen LogP contribution in [-0.2, 0) is 29.6 Å². The number of benzene rings is 2. The molecule has 2 aromatic rings. The second kappa shape index (κ2) is 14.6. The van der Waals surface area contributed by atoms with Gasteiger partial charge in [-0.1, -0.05) is 87.6 Å². The predicted molar refractivity (Wildman–Crippen MR) is 142 cm³/mol. The van der Waals surface area contributed by atoms with Gasteiger partial charge in [-0.15, -0.1) is 0 Å². The minimum Gasteiger partial charge on any atom is -0.309 e. The molecule has 0 fully saturated rings. The average molecular weight is 507 g/mol. The van der Waals surface area contributed by atoms with Crippen molar-refractivity contribution in [2.45, 2.75) is 70.4 Å². The third-order valence-electron chi connectivity index (χ3n) is 5.48. The van der Waals surface area contributed by atoms with E-state index in [1.807, 2.05) is 48.6 Å².